The Morgan fingerprint density at radius 2 is 2.33 bits per heavy atom. The monoisotopic (exact) mass is 312 g/mol. The molecule has 8 nitrogen and oxygen atoms in total. The maximum Gasteiger partial charge on any atom is 0.363 e. The first-order valence-corrected chi connectivity index (χ1v) is 7.91. The van der Waals surface area contributed by atoms with E-state index in [-0.39, 0.29) is 12.2 Å². The molecule has 0 amide bonds. The van der Waals surface area contributed by atoms with Crippen molar-refractivity contribution in [1.29, 1.82) is 0 Å². The molecule has 2 aromatic heterocycles. The van der Waals surface area contributed by atoms with Gasteiger partial charge in [-0.3, -0.25) is 4.57 Å². The molecule has 0 radical (unpaired) electrons. The van der Waals surface area contributed by atoms with Gasteiger partial charge in [0.2, 0.25) is 6.35 Å². The van der Waals surface area contributed by atoms with Gasteiger partial charge in [-0.25, -0.2) is 19.3 Å². The van der Waals surface area contributed by atoms with Crippen molar-refractivity contribution in [2.24, 2.45) is 0 Å². The number of nitrogens with zero attached hydrogens (tertiary/aromatic N) is 4. The first kappa shape index (κ1) is 14.0. The number of fused-ring (bicyclic) bond motifs is 1. The summed E-state index contributed by atoms with van der Waals surface area (Å²) in [4.78, 5) is 11.9. The minimum Gasteiger partial charge on any atom is -0.382 e. The summed E-state index contributed by atoms with van der Waals surface area (Å²) in [6.45, 7) is 1.52. The van der Waals surface area contributed by atoms with Crippen LogP contribution in [0.1, 0.15) is 6.23 Å². The Kier molecular flexibility index (Phi) is 3.62. The highest BCUT2D eigenvalue weighted by molar-refractivity contribution is 7.43. The highest BCUT2D eigenvalue weighted by atomic mass is 31.1. The molecule has 21 heavy (non-hydrogen) atoms. The van der Waals surface area contributed by atoms with E-state index in [0.717, 1.165) is 0 Å². The van der Waals surface area contributed by atoms with Crippen LogP contribution in [-0.4, -0.2) is 38.8 Å². The van der Waals surface area contributed by atoms with Crippen LogP contribution in [0.15, 0.2) is 24.6 Å². The van der Waals surface area contributed by atoms with Crippen LogP contribution in [0.4, 0.5) is 10.2 Å². The molecule has 3 rings (SSSR count). The Morgan fingerprint density at radius 1 is 1.52 bits per heavy atom. The molecule has 0 aliphatic carbocycles. The van der Waals surface area contributed by atoms with E-state index < -0.39 is 26.1 Å². The molecule has 3 heterocycles. The molecule has 0 bridgehead atoms. The first-order valence-electron chi connectivity index (χ1n) is 6.02. The van der Waals surface area contributed by atoms with E-state index in [9.17, 15) is 8.96 Å². The fourth-order valence-corrected chi connectivity index (χ4v) is 2.31. The highest BCUT2D eigenvalue weighted by Gasteiger charge is 2.32. The average Bonchev–Trinajstić information content (AvgIpc) is 3.01. The van der Waals surface area contributed by atoms with E-state index >= 15 is 0 Å². The second-order valence-corrected chi connectivity index (χ2v) is 5.93. The van der Waals surface area contributed by atoms with Crippen molar-refractivity contribution in [2.45, 2.75) is 12.5 Å². The predicted molar refractivity (Wildman–Crippen MR) is 72.3 cm³/mol. The molecule has 1 unspecified atom stereocenters. The number of nitrogen functional groups attached to an aromatic ring is 1. The van der Waals surface area contributed by atoms with Gasteiger partial charge < -0.3 is 15.2 Å². The zero-order valence-corrected chi connectivity index (χ0v) is 11.9. The quantitative estimate of drug-likeness (QED) is 0.854. The van der Waals surface area contributed by atoms with Crippen LogP contribution in [0.2, 0.25) is 0 Å². The van der Waals surface area contributed by atoms with Crippen LogP contribution < -0.4 is 5.73 Å². The van der Waals surface area contributed by atoms with Gasteiger partial charge in [-0.1, -0.05) is 4.57 Å². The molecule has 110 valence electrons. The molecule has 1 aliphatic rings. The van der Waals surface area contributed by atoms with E-state index in [1.165, 1.54) is 30.0 Å². The number of hydrogen-bond acceptors (Lipinski definition) is 7. The molecule has 0 aromatic carbocycles. The number of anilines is 1. The van der Waals surface area contributed by atoms with Gasteiger partial charge in [-0.2, -0.15) is 0 Å². The molecular formula is C11H12FN5O3P+. The third-order valence-corrected chi connectivity index (χ3v) is 3.37. The van der Waals surface area contributed by atoms with Gasteiger partial charge in [0.25, 0.3) is 0 Å². The van der Waals surface area contributed by atoms with E-state index in [0.29, 0.717) is 11.2 Å². The number of rotatable bonds is 4. The van der Waals surface area contributed by atoms with Gasteiger partial charge in [0, 0.05) is 6.08 Å². The molecule has 0 fully saturated rings. The van der Waals surface area contributed by atoms with Gasteiger partial charge in [0.1, 0.15) is 18.5 Å². The average molecular weight is 312 g/mol. The van der Waals surface area contributed by atoms with E-state index in [1.54, 1.807) is 0 Å². The smallest absolute Gasteiger partial charge is 0.363 e. The maximum atomic E-state index is 14.0. The third-order valence-electron chi connectivity index (χ3n) is 2.85. The predicted octanol–water partition coefficient (Wildman–Crippen LogP) is 1.55. The van der Waals surface area contributed by atoms with Crippen LogP contribution >= 0.6 is 7.80 Å². The fourth-order valence-electron chi connectivity index (χ4n) is 1.95. The summed E-state index contributed by atoms with van der Waals surface area (Å²) in [6.07, 6.45) is 1.88. The van der Waals surface area contributed by atoms with Crippen LogP contribution in [0.25, 0.3) is 11.2 Å². The minimum atomic E-state index is -1.48. The SMILES string of the molecule is C[P+](=O)CO[C@@H]1C=C(F)[C@H](n2cnc3c(N)ncnc32)O1. The van der Waals surface area contributed by atoms with Crippen molar-refractivity contribution in [2.75, 3.05) is 18.7 Å². The Balaban J connectivity index is 1.85. The Hall–Kier alpha value is -1.96. The van der Waals surface area contributed by atoms with Crippen LogP contribution in [0.3, 0.4) is 0 Å². The summed E-state index contributed by atoms with van der Waals surface area (Å²) < 4.78 is 37.0. The zero-order valence-electron chi connectivity index (χ0n) is 11.0. The summed E-state index contributed by atoms with van der Waals surface area (Å²) in [5.41, 5.74) is 6.41. The van der Waals surface area contributed by atoms with Crippen LogP contribution in [0, 0.1) is 0 Å². The Morgan fingerprint density at radius 3 is 3.10 bits per heavy atom. The second-order valence-electron chi connectivity index (χ2n) is 4.42. The zero-order chi connectivity index (χ0) is 15.0. The lowest BCUT2D eigenvalue weighted by Crippen LogP contribution is -2.15. The van der Waals surface area contributed by atoms with E-state index in [4.69, 9.17) is 15.2 Å². The maximum absolute atomic E-state index is 14.0. The first-order chi connectivity index (χ1) is 10.1. The number of nitrogens with two attached hydrogens (primary N) is 1. The third kappa shape index (κ3) is 2.63. The van der Waals surface area contributed by atoms with Crippen molar-refractivity contribution in [1.82, 2.24) is 19.5 Å². The van der Waals surface area contributed by atoms with Crippen LogP contribution in [0.5, 0.6) is 0 Å². The topological polar surface area (TPSA) is 105 Å². The van der Waals surface area contributed by atoms with Gasteiger partial charge >= 0.3 is 7.80 Å². The molecule has 0 saturated heterocycles. The van der Waals surface area contributed by atoms with Gasteiger partial charge in [-0.05, 0) is 0 Å². The van der Waals surface area contributed by atoms with Crippen molar-refractivity contribution >= 4 is 24.8 Å². The van der Waals surface area contributed by atoms with Gasteiger partial charge in [-0.15, -0.1) is 0 Å². The van der Waals surface area contributed by atoms with Crippen molar-refractivity contribution in [3.8, 4) is 0 Å². The number of hydrogen-bond donors (Lipinski definition) is 1. The highest BCUT2D eigenvalue weighted by Crippen LogP contribution is 2.33. The Labute approximate surface area is 119 Å². The van der Waals surface area contributed by atoms with E-state index in [2.05, 4.69) is 15.0 Å². The summed E-state index contributed by atoms with van der Waals surface area (Å²) in [6, 6.07) is 0. The minimum absolute atomic E-state index is 0.00368. The fraction of sp³-hybridized carbons (Fsp3) is 0.364. The molecule has 10 heteroatoms. The summed E-state index contributed by atoms with van der Waals surface area (Å²) >= 11 is 0. The van der Waals surface area contributed by atoms with Crippen LogP contribution in [-0.2, 0) is 14.0 Å². The molecule has 2 N–H and O–H groups in total. The van der Waals surface area contributed by atoms with E-state index in [1.807, 2.05) is 0 Å². The number of aromatic nitrogens is 4. The lowest BCUT2D eigenvalue weighted by Gasteiger charge is -2.14. The molecule has 0 saturated carbocycles. The Bertz CT molecular complexity index is 734. The largest absolute Gasteiger partial charge is 0.382 e. The second kappa shape index (κ2) is 5.44. The normalized spacial score (nSPS) is 22.6. The van der Waals surface area contributed by atoms with Gasteiger partial charge in [0.15, 0.2) is 29.8 Å². The molecule has 2 aromatic rings. The number of halogens is 1. The molecule has 3 atom stereocenters. The lowest BCUT2D eigenvalue weighted by molar-refractivity contribution is -0.127. The number of ether oxygens (including phenoxy) is 2. The van der Waals surface area contributed by atoms with Crippen molar-refractivity contribution < 1.29 is 18.4 Å². The summed E-state index contributed by atoms with van der Waals surface area (Å²) in [5, 5.41) is 0. The van der Waals surface area contributed by atoms with Crippen molar-refractivity contribution in [3.63, 3.8) is 0 Å². The number of imidazole rings is 1. The van der Waals surface area contributed by atoms with Crippen molar-refractivity contribution in [3.05, 3.63) is 24.6 Å². The molecule has 0 spiro atoms. The summed E-state index contributed by atoms with van der Waals surface area (Å²) in [5.74, 6) is -0.334. The molecule has 1 aliphatic heterocycles. The lowest BCUT2D eigenvalue weighted by atomic mass is 10.4. The summed E-state index contributed by atoms with van der Waals surface area (Å²) in [7, 11) is -1.48. The molecular weight excluding hydrogens is 300 g/mol. The standard InChI is InChI=1S/C11H12FN5O3P/c1-21(18)5-19-7-2-6(12)11(20-7)17-4-16-8-9(13)14-3-15-10(8)17/h2-4,7,11H,5H2,1H3,(H2,13,14,15)/q+1/t7-,11+/m0/s1. The van der Waals surface area contributed by atoms with Gasteiger partial charge in [0.05, 0.1) is 6.33 Å².